The smallest absolute Gasteiger partial charge is 0.262 e. The van der Waals surface area contributed by atoms with Crippen molar-refractivity contribution in [1.82, 2.24) is 0 Å². The van der Waals surface area contributed by atoms with Crippen LogP contribution in [0.4, 0.5) is 5.69 Å². The van der Waals surface area contributed by atoms with Crippen molar-refractivity contribution in [3.63, 3.8) is 0 Å². The number of nitrogens with zero attached hydrogens (tertiary/aromatic N) is 1. The van der Waals surface area contributed by atoms with Crippen LogP contribution in [-0.2, 0) is 11.2 Å². The number of hydrogen-bond donors (Lipinski definition) is 2. The van der Waals surface area contributed by atoms with E-state index in [0.29, 0.717) is 17.0 Å². The summed E-state index contributed by atoms with van der Waals surface area (Å²) in [4.78, 5) is 12.0. The Balaban J connectivity index is 1.65. The molecule has 2 N–H and O–H groups in total. The predicted molar refractivity (Wildman–Crippen MR) is 89.6 cm³/mol. The van der Waals surface area contributed by atoms with E-state index in [2.05, 4.69) is 5.32 Å². The molecule has 3 rings (SSSR count). The van der Waals surface area contributed by atoms with Crippen molar-refractivity contribution in [2.75, 3.05) is 11.9 Å². The van der Waals surface area contributed by atoms with E-state index in [-0.39, 0.29) is 12.5 Å². The first-order valence-corrected chi connectivity index (χ1v) is 7.90. The number of anilines is 1. The first kappa shape index (κ1) is 16.0. The Kier molecular flexibility index (Phi) is 4.78. The van der Waals surface area contributed by atoms with Crippen molar-refractivity contribution in [2.45, 2.75) is 25.4 Å². The van der Waals surface area contributed by atoms with Gasteiger partial charge in [0.2, 0.25) is 0 Å². The zero-order valence-corrected chi connectivity index (χ0v) is 13.2. The van der Waals surface area contributed by atoms with Gasteiger partial charge in [0.1, 0.15) is 5.75 Å². The van der Waals surface area contributed by atoms with Gasteiger partial charge in [-0.05, 0) is 54.7 Å². The summed E-state index contributed by atoms with van der Waals surface area (Å²) in [6, 6.07) is 14.3. The third-order valence-electron chi connectivity index (χ3n) is 4.07. The number of rotatable bonds is 4. The van der Waals surface area contributed by atoms with Crippen LogP contribution in [0, 0.1) is 11.3 Å². The highest BCUT2D eigenvalue weighted by atomic mass is 16.5. The van der Waals surface area contributed by atoms with Gasteiger partial charge in [-0.1, -0.05) is 18.2 Å². The molecule has 0 aromatic heterocycles. The maximum absolute atomic E-state index is 12.0. The van der Waals surface area contributed by atoms with Crippen molar-refractivity contribution in [3.8, 4) is 11.8 Å². The van der Waals surface area contributed by atoms with Gasteiger partial charge in [0.15, 0.2) is 6.61 Å². The molecule has 2 aromatic carbocycles. The minimum Gasteiger partial charge on any atom is -0.483 e. The number of hydrogen-bond acceptors (Lipinski definition) is 4. The number of fused-ring (bicyclic) bond motifs is 1. The summed E-state index contributed by atoms with van der Waals surface area (Å²) in [7, 11) is 0. The van der Waals surface area contributed by atoms with E-state index < -0.39 is 6.10 Å². The van der Waals surface area contributed by atoms with Crippen LogP contribution in [0.15, 0.2) is 42.5 Å². The Bertz CT molecular complexity index is 795. The summed E-state index contributed by atoms with van der Waals surface area (Å²) in [6.45, 7) is -0.122. The molecule has 1 amide bonds. The summed E-state index contributed by atoms with van der Waals surface area (Å²) in [6.07, 6.45) is 2.04. The second-order valence-electron chi connectivity index (χ2n) is 5.76. The van der Waals surface area contributed by atoms with Crippen molar-refractivity contribution >= 4 is 11.6 Å². The van der Waals surface area contributed by atoms with Crippen molar-refractivity contribution in [1.29, 1.82) is 5.26 Å². The van der Waals surface area contributed by atoms with Gasteiger partial charge in [-0.25, -0.2) is 0 Å². The van der Waals surface area contributed by atoms with Crippen LogP contribution in [0.3, 0.4) is 0 Å². The number of carbonyl (C=O) groups is 1. The summed E-state index contributed by atoms with van der Waals surface area (Å²) in [5.74, 6) is 0.353. The molecule has 5 heteroatoms. The van der Waals surface area contributed by atoms with Crippen molar-refractivity contribution in [3.05, 3.63) is 59.2 Å². The Hall–Kier alpha value is -2.84. The minimum absolute atomic E-state index is 0.122. The van der Waals surface area contributed by atoms with Crippen LogP contribution in [0.25, 0.3) is 0 Å². The molecule has 0 saturated heterocycles. The Morgan fingerprint density at radius 2 is 2.17 bits per heavy atom. The van der Waals surface area contributed by atoms with E-state index in [1.165, 1.54) is 0 Å². The fourth-order valence-corrected chi connectivity index (χ4v) is 2.93. The molecule has 0 heterocycles. The second-order valence-corrected chi connectivity index (χ2v) is 5.76. The molecule has 1 aliphatic carbocycles. The van der Waals surface area contributed by atoms with Crippen LogP contribution < -0.4 is 10.1 Å². The highest BCUT2D eigenvalue weighted by molar-refractivity contribution is 5.92. The monoisotopic (exact) mass is 322 g/mol. The van der Waals surface area contributed by atoms with Gasteiger partial charge >= 0.3 is 0 Å². The molecule has 0 aliphatic heterocycles. The lowest BCUT2D eigenvalue weighted by atomic mass is 9.89. The van der Waals surface area contributed by atoms with E-state index in [4.69, 9.17) is 10.00 Å². The number of aliphatic hydroxyl groups is 1. The molecule has 1 atom stereocenters. The predicted octanol–water partition coefficient (Wildman–Crippen LogP) is 2.95. The van der Waals surface area contributed by atoms with Gasteiger partial charge in [-0.2, -0.15) is 5.26 Å². The lowest BCUT2D eigenvalue weighted by molar-refractivity contribution is -0.118. The number of nitriles is 1. The fourth-order valence-electron chi connectivity index (χ4n) is 2.93. The maximum atomic E-state index is 12.0. The number of aliphatic hydroxyl groups excluding tert-OH is 1. The molecule has 0 unspecified atom stereocenters. The van der Waals surface area contributed by atoms with E-state index >= 15 is 0 Å². The topological polar surface area (TPSA) is 82.4 Å². The number of benzene rings is 2. The van der Waals surface area contributed by atoms with E-state index in [0.717, 1.165) is 30.4 Å². The Morgan fingerprint density at radius 3 is 3.00 bits per heavy atom. The first-order valence-electron chi connectivity index (χ1n) is 7.90. The Morgan fingerprint density at radius 1 is 1.33 bits per heavy atom. The molecular formula is C19H18N2O3. The summed E-state index contributed by atoms with van der Waals surface area (Å²) in [5.41, 5.74) is 2.92. The summed E-state index contributed by atoms with van der Waals surface area (Å²) >= 11 is 0. The summed E-state index contributed by atoms with van der Waals surface area (Å²) in [5, 5.41) is 21.6. The van der Waals surface area contributed by atoms with Gasteiger partial charge in [0, 0.05) is 5.69 Å². The minimum atomic E-state index is -0.458. The maximum Gasteiger partial charge on any atom is 0.262 e. The molecule has 1 aliphatic rings. The highest BCUT2D eigenvalue weighted by Gasteiger charge is 2.21. The fraction of sp³-hybridized carbons (Fsp3) is 0.263. The second kappa shape index (κ2) is 7.16. The zero-order chi connectivity index (χ0) is 16.9. The number of nitrogens with one attached hydrogen (secondary N) is 1. The Labute approximate surface area is 140 Å². The van der Waals surface area contributed by atoms with E-state index in [1.807, 2.05) is 24.3 Å². The third kappa shape index (κ3) is 3.55. The quantitative estimate of drug-likeness (QED) is 0.906. The lowest BCUT2D eigenvalue weighted by Gasteiger charge is -2.23. The SMILES string of the molecule is N#Cc1cccc(NC(=O)COc2cccc3c2CCC[C@@H]3O)c1. The van der Waals surface area contributed by atoms with Gasteiger partial charge in [0.25, 0.3) is 5.91 Å². The number of ether oxygens (including phenoxy) is 1. The molecule has 0 saturated carbocycles. The number of carbonyl (C=O) groups excluding carboxylic acids is 1. The van der Waals surface area contributed by atoms with Crippen molar-refractivity contribution < 1.29 is 14.6 Å². The molecule has 0 spiro atoms. The molecule has 2 aromatic rings. The highest BCUT2D eigenvalue weighted by Crippen LogP contribution is 2.35. The van der Waals surface area contributed by atoms with Gasteiger partial charge in [-0.3, -0.25) is 4.79 Å². The van der Waals surface area contributed by atoms with Gasteiger partial charge in [0.05, 0.1) is 17.7 Å². The molecule has 5 nitrogen and oxygen atoms in total. The van der Waals surface area contributed by atoms with E-state index in [9.17, 15) is 9.90 Å². The van der Waals surface area contributed by atoms with Crippen molar-refractivity contribution in [2.24, 2.45) is 0 Å². The normalized spacial score (nSPS) is 15.9. The average Bonchev–Trinajstić information content (AvgIpc) is 2.60. The van der Waals surface area contributed by atoms with E-state index in [1.54, 1.807) is 24.3 Å². The van der Waals surface area contributed by atoms with Gasteiger partial charge in [-0.15, -0.1) is 0 Å². The third-order valence-corrected chi connectivity index (χ3v) is 4.07. The molecule has 122 valence electrons. The molecule has 0 bridgehead atoms. The van der Waals surface area contributed by atoms with Crippen LogP contribution in [0.1, 0.15) is 35.6 Å². The summed E-state index contributed by atoms with van der Waals surface area (Å²) < 4.78 is 5.66. The largest absolute Gasteiger partial charge is 0.483 e. The van der Waals surface area contributed by atoms with Crippen LogP contribution >= 0.6 is 0 Å². The van der Waals surface area contributed by atoms with Crippen LogP contribution in [0.2, 0.25) is 0 Å². The average molecular weight is 322 g/mol. The molecule has 0 radical (unpaired) electrons. The van der Waals surface area contributed by atoms with Gasteiger partial charge < -0.3 is 15.2 Å². The standard InChI is InChI=1S/C19H18N2O3/c20-11-13-4-1-5-14(10-13)21-19(23)12-24-18-9-3-6-15-16(18)7-2-8-17(15)22/h1,3-6,9-10,17,22H,2,7-8,12H2,(H,21,23)/t17-/m0/s1. The zero-order valence-electron chi connectivity index (χ0n) is 13.2. The molecule has 0 fully saturated rings. The molecular weight excluding hydrogens is 304 g/mol. The van der Waals surface area contributed by atoms with Crippen LogP contribution in [0.5, 0.6) is 5.75 Å². The first-order chi connectivity index (χ1) is 11.7. The molecule has 24 heavy (non-hydrogen) atoms. The number of amides is 1. The van der Waals surface area contributed by atoms with Crippen LogP contribution in [-0.4, -0.2) is 17.6 Å². The lowest BCUT2D eigenvalue weighted by Crippen LogP contribution is -2.21.